The third-order valence-corrected chi connectivity index (χ3v) is 4.19. The van der Waals surface area contributed by atoms with E-state index in [-0.39, 0.29) is 0 Å². The molecular formula is C18H31N3. The highest BCUT2D eigenvalue weighted by molar-refractivity contribution is 5.22. The largest absolute Gasteiger partial charge is 0.313 e. The molecule has 1 saturated heterocycles. The Hall–Kier alpha value is -0.900. The molecule has 1 heterocycles. The van der Waals surface area contributed by atoms with Gasteiger partial charge in [0.1, 0.15) is 0 Å². The molecule has 0 spiro atoms. The molecule has 2 rings (SSSR count). The molecule has 1 aliphatic heterocycles. The zero-order valence-electron chi connectivity index (χ0n) is 13.8. The molecular weight excluding hydrogens is 258 g/mol. The van der Waals surface area contributed by atoms with Crippen molar-refractivity contribution in [2.75, 3.05) is 39.3 Å². The highest BCUT2D eigenvalue weighted by Gasteiger charge is 2.15. The average Bonchev–Trinajstić information content (AvgIpc) is 2.51. The summed E-state index contributed by atoms with van der Waals surface area (Å²) < 4.78 is 0. The summed E-state index contributed by atoms with van der Waals surface area (Å²) in [6, 6.07) is 9.12. The smallest absolute Gasteiger partial charge is 0.0234 e. The van der Waals surface area contributed by atoms with Gasteiger partial charge in [-0.1, -0.05) is 38.1 Å². The van der Waals surface area contributed by atoms with Gasteiger partial charge in [0.2, 0.25) is 0 Å². The van der Waals surface area contributed by atoms with Gasteiger partial charge in [0.25, 0.3) is 0 Å². The SMILES string of the molecule is CCCNCc1ccc(CN2CCN(CCC)CC2)cc1. The number of benzene rings is 1. The summed E-state index contributed by atoms with van der Waals surface area (Å²) in [5.74, 6) is 0. The number of piperazine rings is 1. The third-order valence-electron chi connectivity index (χ3n) is 4.19. The number of hydrogen-bond donors (Lipinski definition) is 1. The maximum atomic E-state index is 3.45. The van der Waals surface area contributed by atoms with Gasteiger partial charge >= 0.3 is 0 Å². The van der Waals surface area contributed by atoms with E-state index in [2.05, 4.69) is 53.2 Å². The van der Waals surface area contributed by atoms with Gasteiger partial charge in [0.15, 0.2) is 0 Å². The second kappa shape index (κ2) is 9.19. The van der Waals surface area contributed by atoms with E-state index in [4.69, 9.17) is 0 Å². The Kier molecular flexibility index (Phi) is 7.20. The van der Waals surface area contributed by atoms with Crippen LogP contribution in [0, 0.1) is 0 Å². The van der Waals surface area contributed by atoms with Gasteiger partial charge in [-0.15, -0.1) is 0 Å². The zero-order valence-corrected chi connectivity index (χ0v) is 13.8. The molecule has 1 aliphatic rings. The van der Waals surface area contributed by atoms with Gasteiger partial charge in [-0.05, 0) is 37.1 Å². The number of nitrogens with one attached hydrogen (secondary N) is 1. The van der Waals surface area contributed by atoms with Crippen molar-refractivity contribution in [3.05, 3.63) is 35.4 Å². The Morgan fingerprint density at radius 3 is 2.10 bits per heavy atom. The van der Waals surface area contributed by atoms with Crippen molar-refractivity contribution in [1.29, 1.82) is 0 Å². The van der Waals surface area contributed by atoms with Crippen LogP contribution >= 0.6 is 0 Å². The van der Waals surface area contributed by atoms with Crippen LogP contribution in [-0.2, 0) is 13.1 Å². The lowest BCUT2D eigenvalue weighted by atomic mass is 10.1. The molecule has 21 heavy (non-hydrogen) atoms. The Balaban J connectivity index is 1.73. The molecule has 118 valence electrons. The van der Waals surface area contributed by atoms with Gasteiger partial charge in [-0.3, -0.25) is 4.90 Å². The topological polar surface area (TPSA) is 18.5 Å². The first-order chi connectivity index (χ1) is 10.3. The van der Waals surface area contributed by atoms with Crippen LogP contribution in [0.4, 0.5) is 0 Å². The molecule has 0 aliphatic carbocycles. The van der Waals surface area contributed by atoms with E-state index in [1.165, 1.54) is 56.7 Å². The summed E-state index contributed by atoms with van der Waals surface area (Å²) in [4.78, 5) is 5.16. The monoisotopic (exact) mass is 289 g/mol. The molecule has 1 N–H and O–H groups in total. The average molecular weight is 289 g/mol. The standard InChI is InChI=1S/C18H31N3/c1-3-9-19-15-17-5-7-18(8-6-17)16-21-13-11-20(10-4-2)12-14-21/h5-8,19H,3-4,9-16H2,1-2H3. The van der Waals surface area contributed by atoms with Crippen LogP contribution < -0.4 is 5.32 Å². The Labute approximate surface area is 130 Å². The summed E-state index contributed by atoms with van der Waals surface area (Å²) in [5, 5.41) is 3.45. The summed E-state index contributed by atoms with van der Waals surface area (Å²) in [5.41, 5.74) is 2.83. The fraction of sp³-hybridized carbons (Fsp3) is 0.667. The van der Waals surface area contributed by atoms with E-state index in [1.54, 1.807) is 0 Å². The molecule has 1 aromatic carbocycles. The van der Waals surface area contributed by atoms with Gasteiger partial charge in [-0.2, -0.15) is 0 Å². The summed E-state index contributed by atoms with van der Waals surface area (Å²) in [7, 11) is 0. The Morgan fingerprint density at radius 1 is 0.857 bits per heavy atom. The summed E-state index contributed by atoms with van der Waals surface area (Å²) >= 11 is 0. The predicted octanol–water partition coefficient (Wildman–Crippen LogP) is 2.71. The van der Waals surface area contributed by atoms with E-state index in [0.29, 0.717) is 0 Å². The fourth-order valence-corrected chi connectivity index (χ4v) is 2.92. The Bertz CT molecular complexity index is 380. The van der Waals surface area contributed by atoms with Crippen molar-refractivity contribution in [2.24, 2.45) is 0 Å². The second-order valence-electron chi connectivity index (χ2n) is 6.11. The summed E-state index contributed by atoms with van der Waals surface area (Å²) in [6.45, 7) is 13.8. The second-order valence-corrected chi connectivity index (χ2v) is 6.11. The predicted molar refractivity (Wildman–Crippen MR) is 90.4 cm³/mol. The first-order valence-electron chi connectivity index (χ1n) is 8.55. The van der Waals surface area contributed by atoms with Crippen LogP contribution in [0.3, 0.4) is 0 Å². The van der Waals surface area contributed by atoms with Gasteiger partial charge in [0.05, 0.1) is 0 Å². The third kappa shape index (κ3) is 5.77. The molecule has 0 unspecified atom stereocenters. The number of hydrogen-bond acceptors (Lipinski definition) is 3. The zero-order chi connectivity index (χ0) is 14.9. The number of rotatable bonds is 8. The lowest BCUT2D eigenvalue weighted by molar-refractivity contribution is 0.127. The maximum Gasteiger partial charge on any atom is 0.0234 e. The molecule has 3 nitrogen and oxygen atoms in total. The van der Waals surface area contributed by atoms with Crippen molar-refractivity contribution in [3.63, 3.8) is 0 Å². The lowest BCUT2D eigenvalue weighted by Crippen LogP contribution is -2.45. The molecule has 0 radical (unpaired) electrons. The molecule has 0 saturated carbocycles. The minimum absolute atomic E-state index is 0.990. The van der Waals surface area contributed by atoms with Crippen LogP contribution in [0.2, 0.25) is 0 Å². The molecule has 0 bridgehead atoms. The molecule has 0 aromatic heterocycles. The highest BCUT2D eigenvalue weighted by atomic mass is 15.3. The van der Waals surface area contributed by atoms with Crippen LogP contribution in [0.5, 0.6) is 0 Å². The van der Waals surface area contributed by atoms with Crippen molar-refractivity contribution in [2.45, 2.75) is 39.8 Å². The molecule has 1 aromatic rings. The van der Waals surface area contributed by atoms with Crippen molar-refractivity contribution < 1.29 is 0 Å². The van der Waals surface area contributed by atoms with Crippen LogP contribution in [-0.4, -0.2) is 49.1 Å². The molecule has 0 amide bonds. The normalized spacial score (nSPS) is 17.2. The number of nitrogens with zero attached hydrogens (tertiary/aromatic N) is 2. The first kappa shape index (κ1) is 16.5. The quantitative estimate of drug-likeness (QED) is 0.742. The first-order valence-corrected chi connectivity index (χ1v) is 8.55. The molecule has 3 heteroatoms. The van der Waals surface area contributed by atoms with Crippen LogP contribution in [0.25, 0.3) is 0 Å². The maximum absolute atomic E-state index is 3.45. The molecule has 0 atom stereocenters. The fourth-order valence-electron chi connectivity index (χ4n) is 2.92. The lowest BCUT2D eigenvalue weighted by Gasteiger charge is -2.34. The van der Waals surface area contributed by atoms with E-state index in [0.717, 1.165) is 19.6 Å². The van der Waals surface area contributed by atoms with E-state index >= 15 is 0 Å². The van der Waals surface area contributed by atoms with Crippen molar-refractivity contribution >= 4 is 0 Å². The van der Waals surface area contributed by atoms with Gasteiger partial charge < -0.3 is 10.2 Å². The highest BCUT2D eigenvalue weighted by Crippen LogP contribution is 2.10. The van der Waals surface area contributed by atoms with E-state index in [9.17, 15) is 0 Å². The minimum Gasteiger partial charge on any atom is -0.313 e. The molecule has 1 fully saturated rings. The van der Waals surface area contributed by atoms with Crippen LogP contribution in [0.15, 0.2) is 24.3 Å². The van der Waals surface area contributed by atoms with Crippen molar-refractivity contribution in [3.8, 4) is 0 Å². The minimum atomic E-state index is 0.990. The van der Waals surface area contributed by atoms with E-state index in [1.807, 2.05) is 0 Å². The Morgan fingerprint density at radius 2 is 1.48 bits per heavy atom. The van der Waals surface area contributed by atoms with Gasteiger partial charge in [0, 0.05) is 39.3 Å². The van der Waals surface area contributed by atoms with Crippen molar-refractivity contribution in [1.82, 2.24) is 15.1 Å². The van der Waals surface area contributed by atoms with E-state index < -0.39 is 0 Å². The van der Waals surface area contributed by atoms with Crippen LogP contribution in [0.1, 0.15) is 37.8 Å². The summed E-state index contributed by atoms with van der Waals surface area (Å²) in [6.07, 6.45) is 2.47. The van der Waals surface area contributed by atoms with Gasteiger partial charge in [-0.25, -0.2) is 0 Å².